The van der Waals surface area contributed by atoms with E-state index < -0.39 is 0 Å². The number of nitrogens with zero attached hydrogens (tertiary/aromatic N) is 3. The van der Waals surface area contributed by atoms with Crippen LogP contribution < -0.4 is 4.74 Å². The molecular formula is C25H34N4O2. The Balaban J connectivity index is 1.33. The number of hydrogen-bond acceptors (Lipinski definition) is 4. The number of rotatable bonds is 2. The third-order valence-corrected chi connectivity index (χ3v) is 7.59. The van der Waals surface area contributed by atoms with Crippen molar-refractivity contribution in [1.29, 1.82) is 0 Å². The fourth-order valence-electron chi connectivity index (χ4n) is 5.70. The number of aromatic nitrogens is 2. The van der Waals surface area contributed by atoms with Gasteiger partial charge in [-0.2, -0.15) is 0 Å². The van der Waals surface area contributed by atoms with E-state index in [1.807, 2.05) is 18.5 Å². The van der Waals surface area contributed by atoms with Crippen molar-refractivity contribution in [2.45, 2.75) is 64.0 Å². The lowest BCUT2D eigenvalue weighted by molar-refractivity contribution is -0.147. The summed E-state index contributed by atoms with van der Waals surface area (Å²) in [5.74, 6) is 2.41. The van der Waals surface area contributed by atoms with E-state index in [9.17, 15) is 4.79 Å². The van der Waals surface area contributed by atoms with Gasteiger partial charge in [-0.25, -0.2) is 4.98 Å². The summed E-state index contributed by atoms with van der Waals surface area (Å²) in [6, 6.07) is 8.64. The zero-order chi connectivity index (χ0) is 21.1. The van der Waals surface area contributed by atoms with Crippen LogP contribution in [0.1, 0.15) is 56.3 Å². The highest BCUT2D eigenvalue weighted by molar-refractivity contribution is 5.83. The summed E-state index contributed by atoms with van der Waals surface area (Å²) in [5, 5.41) is 0. The van der Waals surface area contributed by atoms with Crippen molar-refractivity contribution >= 4 is 5.91 Å². The first-order valence-corrected chi connectivity index (χ1v) is 12.0. The second-order valence-electron chi connectivity index (χ2n) is 9.51. The van der Waals surface area contributed by atoms with Gasteiger partial charge in [0.1, 0.15) is 18.2 Å². The molecule has 1 atom stereocenters. The van der Waals surface area contributed by atoms with Gasteiger partial charge in [0, 0.05) is 18.9 Å². The molecule has 2 fully saturated rings. The second-order valence-corrected chi connectivity index (χ2v) is 9.51. The number of imidazole rings is 1. The summed E-state index contributed by atoms with van der Waals surface area (Å²) in [7, 11) is 0. The van der Waals surface area contributed by atoms with Crippen LogP contribution in [0.4, 0.5) is 0 Å². The van der Waals surface area contributed by atoms with E-state index in [1.165, 1.54) is 5.56 Å². The van der Waals surface area contributed by atoms with Gasteiger partial charge < -0.3 is 14.6 Å². The lowest BCUT2D eigenvalue weighted by atomic mass is 9.73. The largest absolute Gasteiger partial charge is 0.491 e. The lowest BCUT2D eigenvalue weighted by Gasteiger charge is -2.44. The molecule has 5 rings (SSSR count). The van der Waals surface area contributed by atoms with Crippen molar-refractivity contribution < 1.29 is 9.53 Å². The molecule has 3 aliphatic rings. The van der Waals surface area contributed by atoms with Crippen LogP contribution in [0.15, 0.2) is 36.7 Å². The average Bonchev–Trinajstić information content (AvgIpc) is 3.48. The Labute approximate surface area is 185 Å². The standard InChI is InChI=1S/C25H34N4O2/c30-24-25(11-16-28(17-12-25)18-23-26-13-14-27-23)10-4-3-7-20-6-1-2-9-22(20)31-19-21-8-5-15-29(21)24/h1-2,6,9,13-14,21H,3-5,7-8,10-12,15-19H2,(H,26,27)/t21-/m1/s1. The molecule has 6 nitrogen and oxygen atoms in total. The summed E-state index contributed by atoms with van der Waals surface area (Å²) in [5.41, 5.74) is 1.10. The Morgan fingerprint density at radius 2 is 1.97 bits per heavy atom. The van der Waals surface area contributed by atoms with Gasteiger partial charge >= 0.3 is 0 Å². The lowest BCUT2D eigenvalue weighted by Crippen LogP contribution is -2.52. The van der Waals surface area contributed by atoms with Gasteiger partial charge in [0.25, 0.3) is 0 Å². The molecule has 3 aliphatic heterocycles. The highest BCUT2D eigenvalue weighted by Gasteiger charge is 2.45. The SMILES string of the molecule is O=C1N2CCC[C@@H]2COc2ccccc2CCCCC12CCN(Cc1ncc[nH]1)CC2. The van der Waals surface area contributed by atoms with Crippen LogP contribution in [0.25, 0.3) is 0 Å². The van der Waals surface area contributed by atoms with Crippen molar-refractivity contribution in [2.24, 2.45) is 5.41 Å². The first-order chi connectivity index (χ1) is 15.2. The number of aryl methyl sites for hydroxylation is 1. The number of H-pyrrole nitrogens is 1. The van der Waals surface area contributed by atoms with Gasteiger partial charge in [-0.1, -0.05) is 24.6 Å². The summed E-state index contributed by atoms with van der Waals surface area (Å²) in [4.78, 5) is 26.1. The van der Waals surface area contributed by atoms with Crippen LogP contribution >= 0.6 is 0 Å². The average molecular weight is 423 g/mol. The van der Waals surface area contributed by atoms with E-state index in [1.54, 1.807) is 0 Å². The van der Waals surface area contributed by atoms with Gasteiger partial charge in [-0.05, 0) is 69.7 Å². The zero-order valence-electron chi connectivity index (χ0n) is 18.4. The Kier molecular flexibility index (Phi) is 5.99. The van der Waals surface area contributed by atoms with Gasteiger partial charge in [0.15, 0.2) is 0 Å². The summed E-state index contributed by atoms with van der Waals surface area (Å²) in [6.07, 6.45) is 12.0. The number of likely N-dealkylation sites (tertiary alicyclic amines) is 1. The van der Waals surface area contributed by atoms with E-state index in [0.29, 0.717) is 12.5 Å². The third-order valence-electron chi connectivity index (χ3n) is 7.59. The highest BCUT2D eigenvalue weighted by atomic mass is 16.5. The predicted octanol–water partition coefficient (Wildman–Crippen LogP) is 3.79. The van der Waals surface area contributed by atoms with E-state index in [0.717, 1.165) is 89.1 Å². The monoisotopic (exact) mass is 422 g/mol. The molecule has 4 heterocycles. The Bertz CT molecular complexity index is 873. The first kappa shape index (κ1) is 20.6. The number of benzene rings is 1. The smallest absolute Gasteiger partial charge is 0.229 e. The number of amides is 1. The fraction of sp³-hybridized carbons (Fsp3) is 0.600. The van der Waals surface area contributed by atoms with E-state index in [4.69, 9.17) is 4.74 Å². The number of nitrogens with one attached hydrogen (secondary N) is 1. The summed E-state index contributed by atoms with van der Waals surface area (Å²) < 4.78 is 6.26. The third kappa shape index (κ3) is 4.36. The number of carbonyl (C=O) groups is 1. The minimum atomic E-state index is -0.207. The molecule has 1 N–H and O–H groups in total. The number of ether oxygens (including phenoxy) is 1. The molecule has 31 heavy (non-hydrogen) atoms. The van der Waals surface area contributed by atoms with Crippen LogP contribution in [0.5, 0.6) is 5.75 Å². The van der Waals surface area contributed by atoms with Crippen molar-refractivity contribution in [2.75, 3.05) is 26.2 Å². The van der Waals surface area contributed by atoms with Crippen molar-refractivity contribution in [1.82, 2.24) is 19.8 Å². The number of piperidine rings is 1. The van der Waals surface area contributed by atoms with Crippen LogP contribution in [0, 0.1) is 5.41 Å². The maximum absolute atomic E-state index is 13.9. The maximum atomic E-state index is 13.9. The van der Waals surface area contributed by atoms with Crippen LogP contribution in [-0.4, -0.2) is 58.0 Å². The molecule has 6 heteroatoms. The zero-order valence-corrected chi connectivity index (χ0v) is 18.4. The molecule has 0 saturated carbocycles. The quantitative estimate of drug-likeness (QED) is 0.800. The number of fused-ring (bicyclic) bond motifs is 2. The van der Waals surface area contributed by atoms with Gasteiger partial charge in [0.05, 0.1) is 18.0 Å². The summed E-state index contributed by atoms with van der Waals surface area (Å²) >= 11 is 0. The van der Waals surface area contributed by atoms with Gasteiger partial charge in [-0.3, -0.25) is 9.69 Å². The number of para-hydroxylation sites is 1. The maximum Gasteiger partial charge on any atom is 0.229 e. The minimum Gasteiger partial charge on any atom is -0.491 e. The van der Waals surface area contributed by atoms with Crippen LogP contribution in [-0.2, 0) is 17.8 Å². The topological polar surface area (TPSA) is 61.5 Å². The molecule has 0 radical (unpaired) electrons. The molecule has 2 aromatic rings. The molecule has 166 valence electrons. The molecule has 1 aromatic heterocycles. The fourth-order valence-corrected chi connectivity index (χ4v) is 5.70. The number of carbonyl (C=O) groups excluding carboxylic acids is 1. The second kappa shape index (κ2) is 9.03. The van der Waals surface area contributed by atoms with Gasteiger partial charge in [0.2, 0.25) is 5.91 Å². The molecular weight excluding hydrogens is 388 g/mol. The van der Waals surface area contributed by atoms with Gasteiger partial charge in [-0.15, -0.1) is 0 Å². The summed E-state index contributed by atoms with van der Waals surface area (Å²) in [6.45, 7) is 4.26. The highest BCUT2D eigenvalue weighted by Crippen LogP contribution is 2.41. The van der Waals surface area contributed by atoms with Crippen LogP contribution in [0.2, 0.25) is 0 Å². The molecule has 2 saturated heterocycles. The minimum absolute atomic E-state index is 0.206. The number of aromatic amines is 1. The van der Waals surface area contributed by atoms with Crippen LogP contribution in [0.3, 0.4) is 0 Å². The molecule has 0 aliphatic carbocycles. The van der Waals surface area contributed by atoms with E-state index >= 15 is 0 Å². The van der Waals surface area contributed by atoms with Crippen molar-refractivity contribution in [3.8, 4) is 5.75 Å². The first-order valence-electron chi connectivity index (χ1n) is 12.0. The number of hydrogen-bond donors (Lipinski definition) is 1. The van der Waals surface area contributed by atoms with E-state index in [2.05, 4.69) is 38.0 Å². The molecule has 1 amide bonds. The Hall–Kier alpha value is -2.34. The molecule has 0 bridgehead atoms. The molecule has 1 spiro atoms. The normalized spacial score (nSPS) is 24.7. The Morgan fingerprint density at radius 3 is 2.81 bits per heavy atom. The predicted molar refractivity (Wildman–Crippen MR) is 120 cm³/mol. The molecule has 0 unspecified atom stereocenters. The van der Waals surface area contributed by atoms with Crippen molar-refractivity contribution in [3.63, 3.8) is 0 Å². The Morgan fingerprint density at radius 1 is 1.10 bits per heavy atom. The van der Waals surface area contributed by atoms with Crippen molar-refractivity contribution in [3.05, 3.63) is 48.0 Å². The molecule has 1 aromatic carbocycles. The van der Waals surface area contributed by atoms with E-state index in [-0.39, 0.29) is 11.5 Å².